The molecular formula is C18H23BN2O3. The summed E-state index contributed by atoms with van der Waals surface area (Å²) in [6, 6.07) is 9.05. The van der Waals surface area contributed by atoms with Gasteiger partial charge in [-0.25, -0.2) is 0 Å². The maximum Gasteiger partial charge on any atom is 0.491 e. The summed E-state index contributed by atoms with van der Waals surface area (Å²) in [6.45, 7) is 8.16. The Bertz CT molecular complexity index is 688. The fraction of sp³-hybridized carbons (Fsp3) is 0.444. The molecule has 0 aliphatic carbocycles. The standard InChI is InChI=1S/C18H23BN2O3/c1-17(2)18(3,4)24-19(23-17)14(12-21)11-13-7-5-6-8-15(13)16(22)9-10-20/h5-8,11H,9,12,21H2,1-4H3. The summed E-state index contributed by atoms with van der Waals surface area (Å²) in [4.78, 5) is 12.1. The topological polar surface area (TPSA) is 85.3 Å². The minimum Gasteiger partial charge on any atom is -0.400 e. The largest absolute Gasteiger partial charge is 0.491 e. The van der Waals surface area contributed by atoms with E-state index in [4.69, 9.17) is 20.3 Å². The molecule has 0 saturated carbocycles. The molecule has 1 saturated heterocycles. The number of carbonyl (C=O) groups excluding carboxylic acids is 1. The van der Waals surface area contributed by atoms with Crippen LogP contribution in [0.25, 0.3) is 6.08 Å². The average molecular weight is 326 g/mol. The summed E-state index contributed by atoms with van der Waals surface area (Å²) in [7, 11) is -0.556. The first kappa shape index (κ1) is 18.4. The van der Waals surface area contributed by atoms with E-state index in [0.29, 0.717) is 11.1 Å². The molecule has 1 fully saturated rings. The summed E-state index contributed by atoms with van der Waals surface area (Å²) in [5.41, 5.74) is 6.96. The van der Waals surface area contributed by atoms with Gasteiger partial charge in [-0.3, -0.25) is 4.79 Å². The van der Waals surface area contributed by atoms with Gasteiger partial charge >= 0.3 is 7.12 Å². The van der Waals surface area contributed by atoms with E-state index in [1.54, 1.807) is 12.1 Å². The second kappa shape index (κ2) is 6.90. The van der Waals surface area contributed by atoms with Crippen LogP contribution in [0.5, 0.6) is 0 Å². The Balaban J connectivity index is 2.36. The minimum atomic E-state index is -0.556. The van der Waals surface area contributed by atoms with Crippen LogP contribution in [0, 0.1) is 11.3 Å². The number of carbonyl (C=O) groups is 1. The molecule has 24 heavy (non-hydrogen) atoms. The van der Waals surface area contributed by atoms with Crippen molar-refractivity contribution in [3.05, 3.63) is 40.9 Å². The van der Waals surface area contributed by atoms with E-state index >= 15 is 0 Å². The van der Waals surface area contributed by atoms with Gasteiger partial charge in [0.15, 0.2) is 5.78 Å². The quantitative estimate of drug-likeness (QED) is 0.664. The van der Waals surface area contributed by atoms with Gasteiger partial charge in [-0.1, -0.05) is 30.3 Å². The van der Waals surface area contributed by atoms with Crippen LogP contribution < -0.4 is 5.73 Å². The number of ketones is 1. The average Bonchev–Trinajstić information content (AvgIpc) is 2.73. The van der Waals surface area contributed by atoms with Crippen molar-refractivity contribution in [3.63, 3.8) is 0 Å². The third-order valence-electron chi connectivity index (χ3n) is 4.63. The molecule has 1 aromatic rings. The van der Waals surface area contributed by atoms with Crippen molar-refractivity contribution in [2.75, 3.05) is 6.54 Å². The Morgan fingerprint density at radius 3 is 2.38 bits per heavy atom. The van der Waals surface area contributed by atoms with E-state index in [2.05, 4.69) is 0 Å². The maximum atomic E-state index is 12.1. The number of hydrogen-bond donors (Lipinski definition) is 1. The summed E-state index contributed by atoms with van der Waals surface area (Å²) in [6.07, 6.45) is 1.67. The molecule has 1 aliphatic heterocycles. The smallest absolute Gasteiger partial charge is 0.400 e. The zero-order chi connectivity index (χ0) is 18.0. The summed E-state index contributed by atoms with van der Waals surface area (Å²) >= 11 is 0. The molecule has 1 aromatic carbocycles. The molecule has 0 aromatic heterocycles. The Labute approximate surface area is 143 Å². The van der Waals surface area contributed by atoms with Crippen LogP contribution in [0.2, 0.25) is 0 Å². The number of hydrogen-bond acceptors (Lipinski definition) is 5. The van der Waals surface area contributed by atoms with Crippen LogP contribution in [0.1, 0.15) is 50.0 Å². The van der Waals surface area contributed by atoms with Crippen molar-refractivity contribution in [1.29, 1.82) is 5.26 Å². The highest BCUT2D eigenvalue weighted by Gasteiger charge is 2.52. The van der Waals surface area contributed by atoms with Gasteiger partial charge in [0, 0.05) is 12.1 Å². The molecule has 5 nitrogen and oxygen atoms in total. The summed E-state index contributed by atoms with van der Waals surface area (Å²) < 4.78 is 12.1. The van der Waals surface area contributed by atoms with Crippen molar-refractivity contribution >= 4 is 19.0 Å². The first-order valence-electron chi connectivity index (χ1n) is 7.97. The molecule has 0 bridgehead atoms. The highest BCUT2D eigenvalue weighted by Crippen LogP contribution is 2.38. The number of rotatable bonds is 5. The second-order valence-corrected chi connectivity index (χ2v) is 6.86. The van der Waals surface area contributed by atoms with Crippen LogP contribution >= 0.6 is 0 Å². The van der Waals surface area contributed by atoms with E-state index in [0.717, 1.165) is 5.47 Å². The number of nitriles is 1. The second-order valence-electron chi connectivity index (χ2n) is 6.86. The minimum absolute atomic E-state index is 0.153. The number of Topliss-reactive ketones (excluding diaryl/α,β-unsaturated/α-hetero) is 1. The Hall–Kier alpha value is -1.94. The van der Waals surface area contributed by atoms with Gasteiger partial charge in [-0.05, 0) is 38.7 Å². The normalized spacial score (nSPS) is 19.2. The lowest BCUT2D eigenvalue weighted by Crippen LogP contribution is -2.41. The van der Waals surface area contributed by atoms with Gasteiger partial charge in [0.25, 0.3) is 0 Å². The maximum absolute atomic E-state index is 12.1. The lowest BCUT2D eigenvalue weighted by molar-refractivity contribution is 0.00578. The van der Waals surface area contributed by atoms with E-state index < -0.39 is 18.3 Å². The monoisotopic (exact) mass is 326 g/mol. The van der Waals surface area contributed by atoms with Crippen LogP contribution in [-0.4, -0.2) is 30.6 Å². The molecule has 0 spiro atoms. The zero-order valence-corrected chi connectivity index (χ0v) is 14.6. The molecule has 2 N–H and O–H groups in total. The van der Waals surface area contributed by atoms with Crippen molar-refractivity contribution in [2.24, 2.45) is 5.73 Å². The van der Waals surface area contributed by atoms with Gasteiger partial charge in [0.05, 0.1) is 23.7 Å². The molecule has 1 heterocycles. The number of benzene rings is 1. The van der Waals surface area contributed by atoms with E-state index in [-0.39, 0.29) is 18.7 Å². The lowest BCUT2D eigenvalue weighted by atomic mass is 9.76. The van der Waals surface area contributed by atoms with Gasteiger partial charge in [0.1, 0.15) is 0 Å². The molecule has 2 rings (SSSR count). The molecule has 6 heteroatoms. The number of nitrogens with two attached hydrogens (primary N) is 1. The Kier molecular flexibility index (Phi) is 5.29. The van der Waals surface area contributed by atoms with Gasteiger partial charge in [-0.2, -0.15) is 5.26 Å². The van der Waals surface area contributed by atoms with Crippen molar-refractivity contribution in [3.8, 4) is 6.07 Å². The lowest BCUT2D eigenvalue weighted by Gasteiger charge is -2.32. The van der Waals surface area contributed by atoms with Crippen molar-refractivity contribution in [2.45, 2.75) is 45.3 Å². The van der Waals surface area contributed by atoms with Gasteiger partial charge in [-0.15, -0.1) is 0 Å². The Morgan fingerprint density at radius 2 is 1.83 bits per heavy atom. The van der Waals surface area contributed by atoms with Crippen LogP contribution in [0.15, 0.2) is 29.7 Å². The predicted octanol–water partition coefficient (Wildman–Crippen LogP) is 2.76. The first-order chi connectivity index (χ1) is 11.2. The zero-order valence-electron chi connectivity index (χ0n) is 14.6. The fourth-order valence-electron chi connectivity index (χ4n) is 2.46. The van der Waals surface area contributed by atoms with E-state index in [9.17, 15) is 4.79 Å². The van der Waals surface area contributed by atoms with Gasteiger partial charge < -0.3 is 15.0 Å². The summed E-state index contributed by atoms with van der Waals surface area (Å²) in [5.74, 6) is -0.213. The Morgan fingerprint density at radius 1 is 1.25 bits per heavy atom. The van der Waals surface area contributed by atoms with Crippen molar-refractivity contribution < 1.29 is 14.1 Å². The highest BCUT2D eigenvalue weighted by molar-refractivity contribution is 6.56. The molecule has 0 amide bonds. The molecule has 1 aliphatic rings. The third kappa shape index (κ3) is 3.59. The molecule has 0 unspecified atom stereocenters. The van der Waals surface area contributed by atoms with Crippen molar-refractivity contribution in [1.82, 2.24) is 0 Å². The number of nitrogens with zero attached hydrogens (tertiary/aromatic N) is 1. The molecule has 0 atom stereocenters. The third-order valence-corrected chi connectivity index (χ3v) is 4.63. The fourth-order valence-corrected chi connectivity index (χ4v) is 2.46. The van der Waals surface area contributed by atoms with E-state index in [1.165, 1.54) is 0 Å². The molecule has 126 valence electrons. The predicted molar refractivity (Wildman–Crippen MR) is 94.1 cm³/mol. The van der Waals surface area contributed by atoms with Gasteiger partial charge in [0.2, 0.25) is 0 Å². The molecular weight excluding hydrogens is 303 g/mol. The first-order valence-corrected chi connectivity index (χ1v) is 7.97. The SMILES string of the molecule is CC1(C)OB(C(=Cc2ccccc2C(=O)CC#N)CN)OC1(C)C. The van der Waals surface area contributed by atoms with Crippen LogP contribution in [0.4, 0.5) is 0 Å². The highest BCUT2D eigenvalue weighted by atomic mass is 16.7. The molecule has 0 radical (unpaired) electrons. The summed E-state index contributed by atoms with van der Waals surface area (Å²) in [5, 5.41) is 8.76. The van der Waals surface area contributed by atoms with Crippen LogP contribution in [0.3, 0.4) is 0 Å². The van der Waals surface area contributed by atoms with Crippen LogP contribution in [-0.2, 0) is 9.31 Å². The van der Waals surface area contributed by atoms with E-state index in [1.807, 2.05) is 52.0 Å².